The molecule has 1 aromatic carbocycles. The lowest BCUT2D eigenvalue weighted by molar-refractivity contribution is -0.931. The number of H-pyrrole nitrogens is 1. The Bertz CT molecular complexity index is 1250. The maximum absolute atomic E-state index is 13.3. The monoisotopic (exact) mass is 419 g/mol. The zero-order chi connectivity index (χ0) is 21.4. The van der Waals surface area contributed by atoms with Crippen LogP contribution in [0.4, 0.5) is 0 Å². The summed E-state index contributed by atoms with van der Waals surface area (Å²) in [4.78, 5) is 17.7. The first-order valence-corrected chi connectivity index (χ1v) is 10.9. The number of hydrogen-bond acceptors (Lipinski definition) is 5. The lowest BCUT2D eigenvalue weighted by Gasteiger charge is -2.30. The fraction of sp³-hybridized carbons (Fsp3) is 0.391. The van der Waals surface area contributed by atoms with Crippen LogP contribution < -0.4 is 10.5 Å². The highest BCUT2D eigenvalue weighted by molar-refractivity contribution is 5.80. The standard InChI is InChI=1S/C23H26N6O2/c1-15-11-17-13-19(23(30)24-20(17)12-16(15)2)21(28-8-4-3-5-9-28)22-25-26-27-29(22)14-18-7-6-10-31-18/h6-7,10-13,21H,3-5,8-9,14H2,1-2H3,(H,24,30)/p+1/t21-/m1/s1. The second-order valence-corrected chi connectivity index (χ2v) is 8.50. The van der Waals surface area contributed by atoms with Crippen LogP contribution in [0.5, 0.6) is 0 Å². The summed E-state index contributed by atoms with van der Waals surface area (Å²) in [7, 11) is 0. The van der Waals surface area contributed by atoms with Crippen molar-refractivity contribution in [1.29, 1.82) is 0 Å². The molecule has 8 heteroatoms. The number of benzene rings is 1. The molecule has 31 heavy (non-hydrogen) atoms. The summed E-state index contributed by atoms with van der Waals surface area (Å²) in [5, 5.41) is 13.6. The van der Waals surface area contributed by atoms with Crippen LogP contribution in [0.2, 0.25) is 0 Å². The van der Waals surface area contributed by atoms with Crippen LogP contribution >= 0.6 is 0 Å². The van der Waals surface area contributed by atoms with E-state index in [1.165, 1.54) is 16.9 Å². The number of furan rings is 1. The fourth-order valence-electron chi connectivity index (χ4n) is 4.63. The van der Waals surface area contributed by atoms with Crippen molar-refractivity contribution in [1.82, 2.24) is 25.2 Å². The van der Waals surface area contributed by atoms with Gasteiger partial charge in [0.2, 0.25) is 5.82 Å². The van der Waals surface area contributed by atoms with E-state index in [1.807, 2.05) is 24.3 Å². The van der Waals surface area contributed by atoms with Crippen molar-refractivity contribution in [2.45, 2.75) is 45.7 Å². The van der Waals surface area contributed by atoms with Gasteiger partial charge in [0, 0.05) is 5.52 Å². The fourth-order valence-corrected chi connectivity index (χ4v) is 4.63. The van der Waals surface area contributed by atoms with Gasteiger partial charge in [0.15, 0.2) is 6.04 Å². The number of likely N-dealkylation sites (tertiary alicyclic amines) is 1. The molecule has 2 N–H and O–H groups in total. The molecule has 3 aromatic heterocycles. The average molecular weight is 420 g/mol. The number of hydrogen-bond donors (Lipinski definition) is 2. The molecule has 8 nitrogen and oxygen atoms in total. The second-order valence-electron chi connectivity index (χ2n) is 8.50. The molecule has 0 amide bonds. The summed E-state index contributed by atoms with van der Waals surface area (Å²) in [6.07, 6.45) is 5.13. The molecule has 1 atom stereocenters. The molecule has 0 saturated carbocycles. The minimum absolute atomic E-state index is 0.0774. The number of nitrogens with zero attached hydrogens (tertiary/aromatic N) is 4. The number of piperidine rings is 1. The molecule has 5 rings (SSSR count). The molecule has 0 bridgehead atoms. The Balaban J connectivity index is 1.64. The van der Waals surface area contributed by atoms with Gasteiger partial charge in [-0.25, -0.2) is 4.68 Å². The third kappa shape index (κ3) is 3.79. The molecule has 0 unspecified atom stereocenters. The van der Waals surface area contributed by atoms with Crippen molar-refractivity contribution in [3.63, 3.8) is 0 Å². The first-order chi connectivity index (χ1) is 15.1. The summed E-state index contributed by atoms with van der Waals surface area (Å²) in [6.45, 7) is 6.57. The Morgan fingerprint density at radius 3 is 2.74 bits per heavy atom. The van der Waals surface area contributed by atoms with Crippen LogP contribution in [0, 0.1) is 13.8 Å². The topological polar surface area (TPSA) is 94.0 Å². The molecule has 1 aliphatic rings. The first kappa shape index (κ1) is 19.7. The minimum Gasteiger partial charge on any atom is -0.467 e. The van der Waals surface area contributed by atoms with E-state index < -0.39 is 0 Å². The van der Waals surface area contributed by atoms with Gasteiger partial charge in [-0.15, -0.1) is 5.10 Å². The van der Waals surface area contributed by atoms with E-state index in [9.17, 15) is 4.79 Å². The summed E-state index contributed by atoms with van der Waals surface area (Å²) < 4.78 is 7.27. The van der Waals surface area contributed by atoms with Gasteiger partial charge in [-0.3, -0.25) is 4.79 Å². The molecule has 0 spiro atoms. The zero-order valence-corrected chi connectivity index (χ0v) is 17.9. The Kier molecular flexibility index (Phi) is 5.15. The number of fused-ring (bicyclic) bond motifs is 1. The van der Waals surface area contributed by atoms with Crippen molar-refractivity contribution in [3.8, 4) is 0 Å². The van der Waals surface area contributed by atoms with Crippen LogP contribution in [0.25, 0.3) is 10.9 Å². The highest BCUT2D eigenvalue weighted by Crippen LogP contribution is 2.22. The maximum Gasteiger partial charge on any atom is 0.258 e. The number of aromatic amines is 1. The van der Waals surface area contributed by atoms with Crippen LogP contribution in [0.15, 0.2) is 45.8 Å². The number of rotatable bonds is 5. The van der Waals surface area contributed by atoms with Gasteiger partial charge in [0.25, 0.3) is 5.56 Å². The summed E-state index contributed by atoms with van der Waals surface area (Å²) >= 11 is 0. The zero-order valence-electron chi connectivity index (χ0n) is 17.9. The largest absolute Gasteiger partial charge is 0.467 e. The Hall–Kier alpha value is -3.26. The van der Waals surface area contributed by atoms with Crippen LogP contribution in [0.3, 0.4) is 0 Å². The number of aromatic nitrogens is 5. The van der Waals surface area contributed by atoms with Gasteiger partial charge < -0.3 is 14.3 Å². The lowest BCUT2D eigenvalue weighted by Crippen LogP contribution is -3.13. The third-order valence-corrected chi connectivity index (χ3v) is 6.41. The predicted molar refractivity (Wildman–Crippen MR) is 116 cm³/mol. The quantitative estimate of drug-likeness (QED) is 0.516. The molecular formula is C23H27N6O2+. The van der Waals surface area contributed by atoms with E-state index in [0.717, 1.165) is 48.2 Å². The normalized spacial score (nSPS) is 16.1. The first-order valence-electron chi connectivity index (χ1n) is 10.9. The highest BCUT2D eigenvalue weighted by Gasteiger charge is 2.35. The smallest absolute Gasteiger partial charge is 0.258 e. The molecule has 1 aliphatic heterocycles. The summed E-state index contributed by atoms with van der Waals surface area (Å²) in [5.74, 6) is 1.47. The average Bonchev–Trinajstić information content (AvgIpc) is 3.44. The molecule has 160 valence electrons. The number of aryl methyl sites for hydroxylation is 2. The molecule has 4 heterocycles. The third-order valence-electron chi connectivity index (χ3n) is 6.41. The SMILES string of the molecule is Cc1cc2cc([C@H](c3nnnn3Cc3ccco3)[NH+]3CCCCC3)c(=O)[nH]c2cc1C. The number of nitrogens with one attached hydrogen (secondary N) is 2. The molecule has 1 fully saturated rings. The van der Waals surface area contributed by atoms with E-state index in [2.05, 4.69) is 40.4 Å². The number of quaternary nitrogens is 1. The van der Waals surface area contributed by atoms with E-state index in [1.54, 1.807) is 10.9 Å². The van der Waals surface area contributed by atoms with Crippen LogP contribution in [-0.4, -0.2) is 38.3 Å². The summed E-state index contributed by atoms with van der Waals surface area (Å²) in [5.41, 5.74) is 3.86. The van der Waals surface area contributed by atoms with Gasteiger partial charge in [0.05, 0.1) is 24.9 Å². The molecular weight excluding hydrogens is 392 g/mol. The Morgan fingerprint density at radius 2 is 1.97 bits per heavy atom. The van der Waals surface area contributed by atoms with Crippen LogP contribution in [-0.2, 0) is 6.54 Å². The van der Waals surface area contributed by atoms with Gasteiger partial charge >= 0.3 is 0 Å². The summed E-state index contributed by atoms with van der Waals surface area (Å²) in [6, 6.07) is 9.73. The van der Waals surface area contributed by atoms with Gasteiger partial charge in [-0.05, 0) is 90.4 Å². The van der Waals surface area contributed by atoms with Gasteiger partial charge in [-0.1, -0.05) is 0 Å². The predicted octanol–water partition coefficient (Wildman–Crippen LogP) is 1.93. The minimum atomic E-state index is -0.236. The highest BCUT2D eigenvalue weighted by atomic mass is 16.3. The molecule has 1 saturated heterocycles. The van der Waals surface area contributed by atoms with Gasteiger partial charge in [-0.2, -0.15) is 0 Å². The number of tetrazole rings is 1. The molecule has 0 aliphatic carbocycles. The van der Waals surface area contributed by atoms with Crippen LogP contribution in [0.1, 0.15) is 53.6 Å². The van der Waals surface area contributed by atoms with Crippen molar-refractivity contribution in [3.05, 3.63) is 75.2 Å². The van der Waals surface area contributed by atoms with E-state index in [-0.39, 0.29) is 11.6 Å². The van der Waals surface area contributed by atoms with E-state index in [0.29, 0.717) is 17.9 Å². The van der Waals surface area contributed by atoms with Gasteiger partial charge in [0.1, 0.15) is 12.3 Å². The van der Waals surface area contributed by atoms with E-state index in [4.69, 9.17) is 4.42 Å². The Labute approximate surface area is 179 Å². The molecule has 0 radical (unpaired) electrons. The van der Waals surface area contributed by atoms with E-state index >= 15 is 0 Å². The molecule has 4 aromatic rings. The van der Waals surface area contributed by atoms with Crippen molar-refractivity contribution in [2.75, 3.05) is 13.1 Å². The van der Waals surface area contributed by atoms with Crippen molar-refractivity contribution < 1.29 is 9.32 Å². The Morgan fingerprint density at radius 1 is 1.16 bits per heavy atom. The lowest BCUT2D eigenvalue weighted by atomic mass is 9.99. The van der Waals surface area contributed by atoms with Crippen molar-refractivity contribution >= 4 is 10.9 Å². The van der Waals surface area contributed by atoms with Crippen molar-refractivity contribution in [2.24, 2.45) is 0 Å². The second kappa shape index (κ2) is 8.11. The maximum atomic E-state index is 13.3. The number of pyridine rings is 1.